The van der Waals surface area contributed by atoms with E-state index in [4.69, 9.17) is 18.9 Å². The molecule has 4 aliphatic heterocycles. The van der Waals surface area contributed by atoms with Crippen molar-refractivity contribution in [3.05, 3.63) is 25.4 Å². The van der Waals surface area contributed by atoms with Crippen LogP contribution < -0.4 is 0 Å². The number of ether oxygens (including phenoxy) is 4. The van der Waals surface area contributed by atoms with E-state index in [1.54, 1.807) is 0 Å². The van der Waals surface area contributed by atoms with E-state index in [-0.39, 0.29) is 0 Å². The summed E-state index contributed by atoms with van der Waals surface area (Å²) in [5, 5.41) is 0. The summed E-state index contributed by atoms with van der Waals surface area (Å²) in [6.07, 6.45) is 1.31. The zero-order chi connectivity index (χ0) is 21.1. The van der Waals surface area contributed by atoms with Crippen molar-refractivity contribution >= 4 is 94.1 Å². The molecular formula is C19H26O4S8. The van der Waals surface area contributed by atoms with Crippen LogP contribution in [0.5, 0.6) is 0 Å². The van der Waals surface area contributed by atoms with Crippen LogP contribution in [0.3, 0.4) is 0 Å². The highest BCUT2D eigenvalue weighted by Gasteiger charge is 2.31. The molecule has 31 heavy (non-hydrogen) atoms. The molecule has 0 bridgehead atoms. The molecule has 4 nitrogen and oxygen atoms in total. The summed E-state index contributed by atoms with van der Waals surface area (Å²) in [5.41, 5.74) is 0. The SMILES string of the molecule is C1CSC2=C(SC1)SC(=C1SC3=C(SCCOCCOCCOCCOCCS3)S1)S2. The van der Waals surface area contributed by atoms with Gasteiger partial charge in [0.1, 0.15) is 0 Å². The lowest BCUT2D eigenvalue weighted by atomic mass is 10.6. The van der Waals surface area contributed by atoms with Gasteiger partial charge in [-0.15, -0.1) is 47.0 Å². The largest absolute Gasteiger partial charge is 0.378 e. The zero-order valence-corrected chi connectivity index (χ0v) is 23.6. The van der Waals surface area contributed by atoms with E-state index in [0.29, 0.717) is 39.6 Å². The molecule has 0 unspecified atom stereocenters. The lowest BCUT2D eigenvalue weighted by molar-refractivity contribution is 0.00147. The van der Waals surface area contributed by atoms with Crippen LogP contribution in [0, 0.1) is 0 Å². The normalized spacial score (nSPS) is 26.3. The number of rotatable bonds is 0. The Morgan fingerprint density at radius 3 is 1.06 bits per heavy atom. The average molecular weight is 575 g/mol. The maximum Gasteiger partial charge on any atom is 0.0717 e. The van der Waals surface area contributed by atoms with Gasteiger partial charge < -0.3 is 18.9 Å². The van der Waals surface area contributed by atoms with Crippen LogP contribution in [0.25, 0.3) is 0 Å². The van der Waals surface area contributed by atoms with Crippen molar-refractivity contribution in [2.75, 3.05) is 75.9 Å². The molecule has 0 aromatic carbocycles. The minimum atomic E-state index is 0.612. The summed E-state index contributed by atoms with van der Waals surface area (Å²) < 4.78 is 31.4. The van der Waals surface area contributed by atoms with E-state index in [0.717, 1.165) is 24.7 Å². The molecular weight excluding hydrogens is 549 g/mol. The molecule has 0 aliphatic carbocycles. The molecule has 0 atom stereocenters. The van der Waals surface area contributed by atoms with E-state index in [1.807, 2.05) is 94.1 Å². The van der Waals surface area contributed by atoms with Gasteiger partial charge in [0.15, 0.2) is 0 Å². The first-order valence-corrected chi connectivity index (χ1v) is 17.4. The number of hydrogen-bond donors (Lipinski definition) is 0. The van der Waals surface area contributed by atoms with Crippen molar-refractivity contribution in [3.63, 3.8) is 0 Å². The molecule has 174 valence electrons. The van der Waals surface area contributed by atoms with Crippen LogP contribution >= 0.6 is 94.1 Å². The van der Waals surface area contributed by atoms with Crippen molar-refractivity contribution in [2.45, 2.75) is 6.42 Å². The molecule has 4 heterocycles. The highest BCUT2D eigenvalue weighted by molar-refractivity contribution is 8.45. The Morgan fingerprint density at radius 2 is 0.677 bits per heavy atom. The summed E-state index contributed by atoms with van der Waals surface area (Å²) in [7, 11) is 0. The second-order valence-corrected chi connectivity index (χ2v) is 16.4. The van der Waals surface area contributed by atoms with Gasteiger partial charge in [-0.05, 0) is 17.9 Å². The van der Waals surface area contributed by atoms with E-state index in [1.165, 1.54) is 43.3 Å². The van der Waals surface area contributed by atoms with Crippen molar-refractivity contribution < 1.29 is 18.9 Å². The Labute approximate surface area is 219 Å². The van der Waals surface area contributed by atoms with E-state index < -0.39 is 0 Å². The van der Waals surface area contributed by atoms with Crippen LogP contribution in [0.1, 0.15) is 6.42 Å². The van der Waals surface area contributed by atoms with Gasteiger partial charge >= 0.3 is 0 Å². The zero-order valence-electron chi connectivity index (χ0n) is 17.1. The summed E-state index contributed by atoms with van der Waals surface area (Å²) >= 11 is 15.8. The third-order valence-electron chi connectivity index (χ3n) is 4.03. The van der Waals surface area contributed by atoms with Crippen molar-refractivity contribution in [2.24, 2.45) is 0 Å². The van der Waals surface area contributed by atoms with E-state index in [9.17, 15) is 0 Å². The first kappa shape index (κ1) is 25.9. The molecule has 0 aromatic rings. The maximum atomic E-state index is 5.75. The maximum absolute atomic E-state index is 5.75. The van der Waals surface area contributed by atoms with E-state index >= 15 is 0 Å². The van der Waals surface area contributed by atoms with Gasteiger partial charge in [0, 0.05) is 11.5 Å². The second-order valence-electron chi connectivity index (χ2n) is 6.33. The predicted molar refractivity (Wildman–Crippen MR) is 149 cm³/mol. The van der Waals surface area contributed by atoms with Gasteiger partial charge in [0.05, 0.1) is 78.3 Å². The summed E-state index contributed by atoms with van der Waals surface area (Å²) in [4.78, 5) is 0. The average Bonchev–Trinajstić information content (AvgIpc) is 3.30. The molecule has 0 fully saturated rings. The summed E-state index contributed by atoms with van der Waals surface area (Å²) in [5.74, 6) is 4.43. The second kappa shape index (κ2) is 15.1. The van der Waals surface area contributed by atoms with Gasteiger partial charge in [0.25, 0.3) is 0 Å². The predicted octanol–water partition coefficient (Wildman–Crippen LogP) is 6.74. The molecule has 0 spiro atoms. The third-order valence-corrected chi connectivity index (χ3v) is 15.7. The Morgan fingerprint density at radius 1 is 0.355 bits per heavy atom. The van der Waals surface area contributed by atoms with Crippen LogP contribution in [0.15, 0.2) is 25.4 Å². The minimum absolute atomic E-state index is 0.612. The van der Waals surface area contributed by atoms with Crippen LogP contribution in [-0.2, 0) is 18.9 Å². The fourth-order valence-electron chi connectivity index (χ4n) is 2.60. The number of thioether (sulfide) groups is 8. The molecule has 0 radical (unpaired) electrons. The Kier molecular flexibility index (Phi) is 12.6. The molecule has 0 N–H and O–H groups in total. The summed E-state index contributed by atoms with van der Waals surface area (Å²) in [6, 6.07) is 0. The lowest BCUT2D eigenvalue weighted by Crippen LogP contribution is -2.13. The fraction of sp³-hybridized carbons (Fsp3) is 0.684. The third kappa shape index (κ3) is 8.79. The van der Waals surface area contributed by atoms with Crippen molar-refractivity contribution in [1.82, 2.24) is 0 Å². The van der Waals surface area contributed by atoms with Gasteiger partial charge in [-0.2, -0.15) is 0 Å². The molecule has 0 aromatic heterocycles. The molecule has 12 heteroatoms. The van der Waals surface area contributed by atoms with Crippen molar-refractivity contribution in [1.29, 1.82) is 0 Å². The van der Waals surface area contributed by atoms with Gasteiger partial charge in [-0.25, -0.2) is 0 Å². The molecule has 4 rings (SSSR count). The Balaban J connectivity index is 1.33. The minimum Gasteiger partial charge on any atom is -0.378 e. The first-order chi connectivity index (χ1) is 15.4. The van der Waals surface area contributed by atoms with Crippen LogP contribution in [0.2, 0.25) is 0 Å². The van der Waals surface area contributed by atoms with Gasteiger partial charge in [-0.1, -0.05) is 47.0 Å². The van der Waals surface area contributed by atoms with Crippen LogP contribution in [0.4, 0.5) is 0 Å². The fourth-order valence-corrected chi connectivity index (χ4v) is 14.6. The van der Waals surface area contributed by atoms with Gasteiger partial charge in [-0.3, -0.25) is 0 Å². The standard InChI is InChI=1S/C19H26O4S8/c1-10-24-14-15(25-11-1)29-18(28-14)19-30-16-17(31-19)27-13-9-23-7-5-21-3-2-20-4-6-22-8-12-26-16/h1-13H2. The van der Waals surface area contributed by atoms with Crippen LogP contribution in [-0.4, -0.2) is 75.9 Å². The highest BCUT2D eigenvalue weighted by atomic mass is 32.3. The monoisotopic (exact) mass is 574 g/mol. The molecule has 0 amide bonds. The first-order valence-electron chi connectivity index (χ1n) is 10.2. The molecule has 0 saturated heterocycles. The smallest absolute Gasteiger partial charge is 0.0717 e. The summed E-state index contributed by atoms with van der Waals surface area (Å²) in [6.45, 7) is 5.25. The lowest BCUT2D eigenvalue weighted by Gasteiger charge is -2.09. The highest BCUT2D eigenvalue weighted by Crippen LogP contribution is 2.66. The Bertz CT molecular complexity index is 644. The molecule has 0 saturated carbocycles. The van der Waals surface area contributed by atoms with Crippen molar-refractivity contribution in [3.8, 4) is 0 Å². The van der Waals surface area contributed by atoms with Gasteiger partial charge in [0.2, 0.25) is 0 Å². The molecule has 4 aliphatic rings. The Hall–Kier alpha value is 1.86. The number of hydrogen-bond acceptors (Lipinski definition) is 12. The van der Waals surface area contributed by atoms with E-state index in [2.05, 4.69) is 0 Å². The quantitative estimate of drug-likeness (QED) is 0.307. The topological polar surface area (TPSA) is 36.9 Å².